The van der Waals surface area contributed by atoms with Gasteiger partial charge in [-0.25, -0.2) is 0 Å². The molecular formula is C19H17BrN2O3. The summed E-state index contributed by atoms with van der Waals surface area (Å²) in [5, 5.41) is 5.31. The Kier molecular flexibility index (Phi) is 3.08. The van der Waals surface area contributed by atoms with E-state index in [1.807, 2.05) is 18.2 Å². The van der Waals surface area contributed by atoms with Crippen molar-refractivity contribution >= 4 is 34.0 Å². The summed E-state index contributed by atoms with van der Waals surface area (Å²) < 4.78 is 6.00. The summed E-state index contributed by atoms with van der Waals surface area (Å²) in [5.74, 6) is 0.499. The number of fused-ring (bicyclic) bond motifs is 3. The second-order valence-electron chi connectivity index (χ2n) is 7.35. The van der Waals surface area contributed by atoms with E-state index in [1.54, 1.807) is 13.3 Å². The topological polar surface area (TPSA) is 59.0 Å². The standard InChI is InChI=1S/C19H17BrN2O3/c1-25-14-5-2-10(8-13(14)20)9-21-22-17(23)15-11-3-4-12(16(15)18(22)24)19(11)6-7-19/h2-5,8-9,11-12,15-16H,6-7H2,1H3/b21-9-/t11-,12-,15-,16+/m1/s1. The number of methoxy groups -OCH3 is 1. The van der Waals surface area contributed by atoms with Crippen LogP contribution in [0.4, 0.5) is 0 Å². The minimum atomic E-state index is -0.204. The Morgan fingerprint density at radius 2 is 1.84 bits per heavy atom. The van der Waals surface area contributed by atoms with Gasteiger partial charge in [-0.3, -0.25) is 9.59 Å². The highest BCUT2D eigenvalue weighted by atomic mass is 79.9. The maximum atomic E-state index is 12.8. The molecule has 1 aliphatic heterocycles. The Morgan fingerprint density at radius 1 is 1.20 bits per heavy atom. The maximum Gasteiger partial charge on any atom is 0.254 e. The van der Waals surface area contributed by atoms with E-state index >= 15 is 0 Å². The Balaban J connectivity index is 1.41. The van der Waals surface area contributed by atoms with Crippen molar-refractivity contribution in [1.82, 2.24) is 5.01 Å². The second-order valence-corrected chi connectivity index (χ2v) is 8.20. The zero-order valence-corrected chi connectivity index (χ0v) is 15.3. The Bertz CT molecular complexity index is 824. The predicted molar refractivity (Wildman–Crippen MR) is 94.9 cm³/mol. The van der Waals surface area contributed by atoms with Gasteiger partial charge in [0.15, 0.2) is 0 Å². The number of hydrogen-bond acceptors (Lipinski definition) is 4. The molecule has 0 radical (unpaired) electrons. The van der Waals surface area contributed by atoms with Gasteiger partial charge in [0.25, 0.3) is 11.8 Å². The molecule has 6 heteroatoms. The van der Waals surface area contributed by atoms with Gasteiger partial charge in [-0.05, 0) is 69.8 Å². The van der Waals surface area contributed by atoms with Crippen molar-refractivity contribution < 1.29 is 14.3 Å². The fourth-order valence-corrected chi connectivity index (χ4v) is 5.62. The summed E-state index contributed by atoms with van der Waals surface area (Å²) in [6.45, 7) is 0. The minimum Gasteiger partial charge on any atom is -0.496 e. The van der Waals surface area contributed by atoms with Crippen LogP contribution in [-0.2, 0) is 9.59 Å². The lowest BCUT2D eigenvalue weighted by Crippen LogP contribution is -2.30. The number of imide groups is 1. The fraction of sp³-hybridized carbons (Fsp3) is 0.421. The van der Waals surface area contributed by atoms with Crippen LogP contribution in [0, 0.1) is 29.1 Å². The van der Waals surface area contributed by atoms with Crippen molar-refractivity contribution in [1.29, 1.82) is 0 Å². The number of amides is 2. The number of hydrogen-bond donors (Lipinski definition) is 0. The van der Waals surface area contributed by atoms with E-state index in [4.69, 9.17) is 4.74 Å². The third-order valence-corrected chi connectivity index (χ3v) is 6.95. The molecule has 4 atom stereocenters. The van der Waals surface area contributed by atoms with E-state index in [9.17, 15) is 9.59 Å². The third-order valence-electron chi connectivity index (χ3n) is 6.33. The van der Waals surface area contributed by atoms with Crippen LogP contribution in [0.1, 0.15) is 18.4 Å². The molecule has 2 bridgehead atoms. The van der Waals surface area contributed by atoms with Gasteiger partial charge >= 0.3 is 0 Å². The number of rotatable bonds is 3. The van der Waals surface area contributed by atoms with E-state index < -0.39 is 0 Å². The number of allylic oxidation sites excluding steroid dienone is 2. The molecule has 1 aromatic carbocycles. The Morgan fingerprint density at radius 3 is 2.36 bits per heavy atom. The number of nitrogens with zero attached hydrogens (tertiary/aromatic N) is 2. The normalized spacial score (nSPS) is 33.8. The first-order chi connectivity index (χ1) is 12.1. The lowest BCUT2D eigenvalue weighted by molar-refractivity contribution is -0.141. The van der Waals surface area contributed by atoms with Crippen LogP contribution in [0.2, 0.25) is 0 Å². The van der Waals surface area contributed by atoms with Gasteiger partial charge in [0, 0.05) is 0 Å². The van der Waals surface area contributed by atoms with E-state index in [0.29, 0.717) is 0 Å². The van der Waals surface area contributed by atoms with Crippen LogP contribution in [0.15, 0.2) is 39.9 Å². The average Bonchev–Trinajstić information content (AvgIpc) is 3.20. The molecule has 1 heterocycles. The van der Waals surface area contributed by atoms with Crippen molar-refractivity contribution in [3.8, 4) is 5.75 Å². The smallest absolute Gasteiger partial charge is 0.254 e. The molecule has 5 nitrogen and oxygen atoms in total. The van der Waals surface area contributed by atoms with Crippen molar-refractivity contribution in [2.75, 3.05) is 7.11 Å². The summed E-state index contributed by atoms with van der Waals surface area (Å²) in [6.07, 6.45) is 8.18. The summed E-state index contributed by atoms with van der Waals surface area (Å²) >= 11 is 3.42. The van der Waals surface area contributed by atoms with Gasteiger partial charge in [-0.15, -0.1) is 0 Å². The molecule has 2 saturated carbocycles. The molecule has 5 rings (SSSR count). The number of carbonyl (C=O) groups excluding carboxylic acids is 2. The lowest BCUT2D eigenvalue weighted by Gasteiger charge is -2.18. The highest BCUT2D eigenvalue weighted by Gasteiger charge is 2.73. The van der Waals surface area contributed by atoms with Crippen LogP contribution in [-0.4, -0.2) is 30.1 Å². The van der Waals surface area contributed by atoms with Gasteiger partial charge in [0.05, 0.1) is 29.6 Å². The fourth-order valence-electron chi connectivity index (χ4n) is 5.06. The molecule has 0 aromatic heterocycles. The zero-order chi connectivity index (χ0) is 17.3. The average molecular weight is 401 g/mol. The quantitative estimate of drug-likeness (QED) is 0.445. The van der Waals surface area contributed by atoms with Crippen LogP contribution in [0.3, 0.4) is 0 Å². The van der Waals surface area contributed by atoms with Gasteiger partial charge < -0.3 is 4.74 Å². The first kappa shape index (κ1) is 15.3. The number of ether oxygens (including phenoxy) is 1. The van der Waals surface area contributed by atoms with Gasteiger partial charge in [-0.1, -0.05) is 12.2 Å². The highest BCUT2D eigenvalue weighted by Crippen LogP contribution is 2.73. The monoisotopic (exact) mass is 400 g/mol. The molecule has 1 saturated heterocycles. The molecule has 0 N–H and O–H groups in total. The maximum absolute atomic E-state index is 12.8. The summed E-state index contributed by atoms with van der Waals surface area (Å²) in [4.78, 5) is 25.6. The van der Waals surface area contributed by atoms with Crippen molar-refractivity contribution in [2.45, 2.75) is 12.8 Å². The van der Waals surface area contributed by atoms with E-state index in [2.05, 4.69) is 33.2 Å². The Labute approximate surface area is 153 Å². The molecule has 0 unspecified atom stereocenters. The van der Waals surface area contributed by atoms with Crippen molar-refractivity contribution in [3.63, 3.8) is 0 Å². The van der Waals surface area contributed by atoms with E-state index in [1.165, 1.54) is 0 Å². The molecular weight excluding hydrogens is 384 g/mol. The molecule has 25 heavy (non-hydrogen) atoms. The number of halogens is 1. The molecule has 1 aromatic rings. The van der Waals surface area contributed by atoms with Gasteiger partial charge in [-0.2, -0.15) is 10.1 Å². The first-order valence-corrected chi connectivity index (χ1v) is 9.30. The number of benzene rings is 1. The predicted octanol–water partition coefficient (Wildman–Crippen LogP) is 2.99. The van der Waals surface area contributed by atoms with Crippen LogP contribution < -0.4 is 4.74 Å². The molecule has 2 amide bonds. The molecule has 3 aliphatic carbocycles. The molecule has 1 spiro atoms. The van der Waals surface area contributed by atoms with Crippen molar-refractivity contribution in [3.05, 3.63) is 40.4 Å². The van der Waals surface area contributed by atoms with Gasteiger partial charge in [0.1, 0.15) is 5.75 Å². The van der Waals surface area contributed by atoms with Crippen molar-refractivity contribution in [2.24, 2.45) is 34.2 Å². The largest absolute Gasteiger partial charge is 0.496 e. The zero-order valence-electron chi connectivity index (χ0n) is 13.7. The first-order valence-electron chi connectivity index (χ1n) is 8.50. The molecule has 128 valence electrons. The summed E-state index contributed by atoms with van der Waals surface area (Å²) in [7, 11) is 1.60. The molecule has 3 fully saturated rings. The van der Waals surface area contributed by atoms with E-state index in [-0.39, 0.29) is 40.9 Å². The number of carbonyl (C=O) groups is 2. The minimum absolute atomic E-state index is 0.137. The highest BCUT2D eigenvalue weighted by molar-refractivity contribution is 9.10. The molecule has 4 aliphatic rings. The summed E-state index contributed by atoms with van der Waals surface area (Å²) in [6, 6.07) is 5.50. The SMILES string of the molecule is COc1ccc(/C=N\N2C(=O)[C@@H]3[C@H](C2=O)[C@H]2C=C[C@H]3C23CC3)cc1Br. The van der Waals surface area contributed by atoms with Crippen LogP contribution in [0.25, 0.3) is 0 Å². The lowest BCUT2D eigenvalue weighted by atomic mass is 9.85. The van der Waals surface area contributed by atoms with Crippen LogP contribution in [0.5, 0.6) is 5.75 Å². The summed E-state index contributed by atoms with van der Waals surface area (Å²) in [5.41, 5.74) is 1.02. The van der Waals surface area contributed by atoms with Gasteiger partial charge in [0.2, 0.25) is 0 Å². The second kappa shape index (κ2) is 5.04. The van der Waals surface area contributed by atoms with E-state index in [0.717, 1.165) is 33.6 Å². The third kappa shape index (κ3) is 1.91. The van der Waals surface area contributed by atoms with Crippen LogP contribution >= 0.6 is 15.9 Å². The number of hydrazone groups is 1. The Hall–Kier alpha value is -1.95.